The zero-order valence-electron chi connectivity index (χ0n) is 9.03. The molecule has 1 aromatic rings. The first-order valence-electron chi connectivity index (χ1n) is 4.87. The van der Waals surface area contributed by atoms with Gasteiger partial charge in [-0.2, -0.15) is 13.2 Å². The Kier molecular flexibility index (Phi) is 3.78. The Morgan fingerprint density at radius 3 is 2.44 bits per heavy atom. The molecule has 1 unspecified atom stereocenters. The Balaban J connectivity index is 2.66. The predicted octanol–water partition coefficient (Wildman–Crippen LogP) is 3.89. The topological polar surface area (TPSA) is 12.0 Å². The van der Waals surface area contributed by atoms with Gasteiger partial charge in [0.1, 0.15) is 5.82 Å². The summed E-state index contributed by atoms with van der Waals surface area (Å²) < 4.78 is 49.4. The summed E-state index contributed by atoms with van der Waals surface area (Å²) in [6.45, 7) is 3.08. The van der Waals surface area contributed by atoms with Gasteiger partial charge in [-0.25, -0.2) is 4.39 Å². The number of alkyl halides is 3. The predicted molar refractivity (Wildman–Crippen MR) is 54.9 cm³/mol. The van der Waals surface area contributed by atoms with Crippen molar-refractivity contribution in [2.24, 2.45) is 0 Å². The SMILES string of the molecule is Cc1ccc(NC(C)CC(F)(F)F)c(F)c1. The average Bonchev–Trinajstić information content (AvgIpc) is 2.06. The van der Waals surface area contributed by atoms with Gasteiger partial charge in [0.2, 0.25) is 0 Å². The molecule has 0 heterocycles. The molecule has 1 aromatic carbocycles. The Hall–Kier alpha value is -1.26. The fraction of sp³-hybridized carbons (Fsp3) is 0.455. The lowest BCUT2D eigenvalue weighted by Gasteiger charge is -2.17. The Bertz CT molecular complexity index is 359. The first kappa shape index (κ1) is 12.8. The van der Waals surface area contributed by atoms with Crippen molar-refractivity contribution in [3.05, 3.63) is 29.6 Å². The number of benzene rings is 1. The highest BCUT2D eigenvalue weighted by atomic mass is 19.4. The molecule has 0 radical (unpaired) electrons. The monoisotopic (exact) mass is 235 g/mol. The van der Waals surface area contributed by atoms with Crippen LogP contribution in [0.15, 0.2) is 18.2 Å². The van der Waals surface area contributed by atoms with Gasteiger partial charge in [-0.1, -0.05) is 6.07 Å². The third-order valence-corrected chi connectivity index (χ3v) is 2.06. The summed E-state index contributed by atoms with van der Waals surface area (Å²) in [5, 5.41) is 2.50. The number of hydrogen-bond acceptors (Lipinski definition) is 1. The maximum absolute atomic E-state index is 13.3. The maximum Gasteiger partial charge on any atom is 0.391 e. The highest BCUT2D eigenvalue weighted by molar-refractivity contribution is 5.46. The molecule has 0 aliphatic heterocycles. The lowest BCUT2D eigenvalue weighted by atomic mass is 10.2. The van der Waals surface area contributed by atoms with Crippen molar-refractivity contribution in [1.82, 2.24) is 0 Å². The fourth-order valence-electron chi connectivity index (χ4n) is 1.40. The molecule has 0 aliphatic carbocycles. The van der Waals surface area contributed by atoms with Crippen LogP contribution in [0.3, 0.4) is 0 Å². The summed E-state index contributed by atoms with van der Waals surface area (Å²) in [4.78, 5) is 0. The minimum atomic E-state index is -4.24. The van der Waals surface area contributed by atoms with E-state index in [2.05, 4.69) is 5.32 Å². The van der Waals surface area contributed by atoms with Crippen molar-refractivity contribution >= 4 is 5.69 Å². The zero-order valence-corrected chi connectivity index (χ0v) is 9.03. The van der Waals surface area contributed by atoms with Crippen LogP contribution in [0.25, 0.3) is 0 Å². The van der Waals surface area contributed by atoms with Crippen LogP contribution in [0.4, 0.5) is 23.2 Å². The molecule has 0 amide bonds. The Morgan fingerprint density at radius 2 is 1.94 bits per heavy atom. The number of nitrogens with one attached hydrogen (secondary N) is 1. The number of rotatable bonds is 3. The smallest absolute Gasteiger partial charge is 0.380 e. The van der Waals surface area contributed by atoms with Gasteiger partial charge in [-0.05, 0) is 31.5 Å². The third-order valence-electron chi connectivity index (χ3n) is 2.06. The molecule has 0 saturated heterocycles. The molecular formula is C11H13F4N. The highest BCUT2D eigenvalue weighted by Gasteiger charge is 2.30. The van der Waals surface area contributed by atoms with E-state index in [0.29, 0.717) is 0 Å². The molecule has 1 N–H and O–H groups in total. The molecule has 90 valence electrons. The first-order chi connectivity index (χ1) is 7.28. The van der Waals surface area contributed by atoms with Crippen LogP contribution in [0, 0.1) is 12.7 Å². The summed E-state index contributed by atoms with van der Waals surface area (Å²) in [6, 6.07) is 3.52. The van der Waals surface area contributed by atoms with Crippen molar-refractivity contribution in [2.45, 2.75) is 32.5 Å². The lowest BCUT2D eigenvalue weighted by Crippen LogP contribution is -2.24. The van der Waals surface area contributed by atoms with Crippen molar-refractivity contribution in [3.8, 4) is 0 Å². The van der Waals surface area contributed by atoms with Crippen molar-refractivity contribution in [1.29, 1.82) is 0 Å². The molecule has 0 bridgehead atoms. The van der Waals surface area contributed by atoms with E-state index in [1.807, 2.05) is 0 Å². The van der Waals surface area contributed by atoms with Gasteiger partial charge >= 0.3 is 6.18 Å². The number of halogens is 4. The minimum Gasteiger partial charge on any atom is -0.380 e. The quantitative estimate of drug-likeness (QED) is 0.784. The molecule has 1 rings (SSSR count). The van der Waals surface area contributed by atoms with Crippen molar-refractivity contribution in [2.75, 3.05) is 5.32 Å². The summed E-state index contributed by atoms with van der Waals surface area (Å²) in [5.74, 6) is -0.533. The van der Waals surface area contributed by atoms with Crippen molar-refractivity contribution < 1.29 is 17.6 Å². The van der Waals surface area contributed by atoms with Crippen molar-refractivity contribution in [3.63, 3.8) is 0 Å². The number of hydrogen-bond donors (Lipinski definition) is 1. The van der Waals surface area contributed by atoms with E-state index in [9.17, 15) is 17.6 Å². The summed E-state index contributed by atoms with van der Waals surface area (Å²) in [5.41, 5.74) is 0.828. The van der Waals surface area contributed by atoms with Crippen LogP contribution in [-0.2, 0) is 0 Å². The molecular weight excluding hydrogens is 222 g/mol. The summed E-state index contributed by atoms with van der Waals surface area (Å²) in [6.07, 6.45) is -5.23. The average molecular weight is 235 g/mol. The molecule has 0 aliphatic rings. The van der Waals surface area contributed by atoms with Gasteiger partial charge in [-0.15, -0.1) is 0 Å². The van der Waals surface area contributed by atoms with Crippen LogP contribution < -0.4 is 5.32 Å². The fourth-order valence-corrected chi connectivity index (χ4v) is 1.40. The van der Waals surface area contributed by atoms with Gasteiger partial charge in [0.05, 0.1) is 12.1 Å². The maximum atomic E-state index is 13.3. The normalized spacial score (nSPS) is 13.6. The molecule has 0 saturated carbocycles. The molecule has 0 spiro atoms. The lowest BCUT2D eigenvalue weighted by molar-refractivity contribution is -0.136. The van der Waals surface area contributed by atoms with Gasteiger partial charge < -0.3 is 5.32 Å². The van der Waals surface area contributed by atoms with E-state index >= 15 is 0 Å². The Morgan fingerprint density at radius 1 is 1.31 bits per heavy atom. The van der Waals surface area contributed by atoms with E-state index in [4.69, 9.17) is 0 Å². The number of aryl methyl sites for hydroxylation is 1. The second-order valence-electron chi connectivity index (χ2n) is 3.85. The third kappa shape index (κ3) is 4.08. The van der Waals surface area contributed by atoms with E-state index < -0.39 is 24.5 Å². The Labute approximate surface area is 91.5 Å². The second-order valence-corrected chi connectivity index (χ2v) is 3.85. The van der Waals surface area contributed by atoms with Gasteiger partial charge in [0.25, 0.3) is 0 Å². The molecule has 16 heavy (non-hydrogen) atoms. The van der Waals surface area contributed by atoms with Crippen LogP contribution in [0.1, 0.15) is 18.9 Å². The first-order valence-corrected chi connectivity index (χ1v) is 4.87. The summed E-state index contributed by atoms with van der Waals surface area (Å²) in [7, 11) is 0. The van der Waals surface area contributed by atoms with Crippen LogP contribution in [-0.4, -0.2) is 12.2 Å². The van der Waals surface area contributed by atoms with Crippen LogP contribution in [0.2, 0.25) is 0 Å². The number of anilines is 1. The van der Waals surface area contributed by atoms with Gasteiger partial charge in [0.15, 0.2) is 0 Å². The molecule has 0 aromatic heterocycles. The highest BCUT2D eigenvalue weighted by Crippen LogP contribution is 2.24. The van der Waals surface area contributed by atoms with E-state index in [1.165, 1.54) is 19.1 Å². The van der Waals surface area contributed by atoms with Gasteiger partial charge in [-0.3, -0.25) is 0 Å². The second kappa shape index (κ2) is 4.72. The van der Waals surface area contributed by atoms with E-state index in [1.54, 1.807) is 13.0 Å². The molecule has 1 nitrogen and oxygen atoms in total. The molecule has 1 atom stereocenters. The standard InChI is InChI=1S/C11H13F4N/c1-7-3-4-10(9(12)5-7)16-8(2)6-11(13,14)15/h3-5,8,16H,6H2,1-2H3. The van der Waals surface area contributed by atoms with Crippen LogP contribution in [0.5, 0.6) is 0 Å². The largest absolute Gasteiger partial charge is 0.391 e. The van der Waals surface area contributed by atoms with E-state index in [-0.39, 0.29) is 5.69 Å². The molecule has 5 heteroatoms. The zero-order chi connectivity index (χ0) is 12.3. The van der Waals surface area contributed by atoms with Gasteiger partial charge in [0, 0.05) is 6.04 Å². The van der Waals surface area contributed by atoms with E-state index in [0.717, 1.165) is 5.56 Å². The minimum absolute atomic E-state index is 0.0994. The van der Waals surface area contributed by atoms with Crippen LogP contribution >= 0.6 is 0 Å². The molecule has 0 fully saturated rings. The summed E-state index contributed by atoms with van der Waals surface area (Å²) >= 11 is 0.